The Balaban J connectivity index is 2.04. The van der Waals surface area contributed by atoms with Gasteiger partial charge in [0.2, 0.25) is 0 Å². The number of anilines is 2. The number of thioether (sulfide) groups is 1. The SMILES string of the molecule is Cc1cccc(C(=O)N2CCSc3ccc(N)cc32)c1Br. The smallest absolute Gasteiger partial charge is 0.259 e. The highest BCUT2D eigenvalue weighted by Gasteiger charge is 2.25. The summed E-state index contributed by atoms with van der Waals surface area (Å²) in [5.41, 5.74) is 9.21. The molecular weight excluding hydrogens is 348 g/mol. The fraction of sp³-hybridized carbons (Fsp3) is 0.188. The van der Waals surface area contributed by atoms with E-state index < -0.39 is 0 Å². The van der Waals surface area contributed by atoms with Crippen LogP contribution in [0.2, 0.25) is 0 Å². The summed E-state index contributed by atoms with van der Waals surface area (Å²) < 4.78 is 0.860. The summed E-state index contributed by atoms with van der Waals surface area (Å²) in [5.74, 6) is 0.907. The molecule has 0 saturated heterocycles. The summed E-state index contributed by atoms with van der Waals surface area (Å²) in [7, 11) is 0. The molecule has 0 radical (unpaired) electrons. The van der Waals surface area contributed by atoms with Crippen LogP contribution in [0, 0.1) is 6.92 Å². The minimum atomic E-state index is 0.0118. The van der Waals surface area contributed by atoms with Gasteiger partial charge in [0.25, 0.3) is 5.91 Å². The number of fused-ring (bicyclic) bond motifs is 1. The minimum Gasteiger partial charge on any atom is -0.399 e. The first-order valence-corrected chi connectivity index (χ1v) is 8.45. The third-order valence-electron chi connectivity index (χ3n) is 3.51. The van der Waals surface area contributed by atoms with Gasteiger partial charge in [0, 0.05) is 27.4 Å². The van der Waals surface area contributed by atoms with E-state index in [-0.39, 0.29) is 5.91 Å². The van der Waals surface area contributed by atoms with Gasteiger partial charge < -0.3 is 10.6 Å². The molecule has 1 aliphatic rings. The summed E-state index contributed by atoms with van der Waals surface area (Å²) >= 11 is 5.28. The Morgan fingerprint density at radius 2 is 2.14 bits per heavy atom. The van der Waals surface area contributed by atoms with Gasteiger partial charge in [0.1, 0.15) is 0 Å². The maximum absolute atomic E-state index is 12.9. The van der Waals surface area contributed by atoms with Gasteiger partial charge in [-0.1, -0.05) is 12.1 Å². The monoisotopic (exact) mass is 362 g/mol. The molecule has 0 unspecified atom stereocenters. The third-order valence-corrected chi connectivity index (χ3v) is 5.61. The summed E-state index contributed by atoms with van der Waals surface area (Å²) in [6.07, 6.45) is 0. The van der Waals surface area contributed by atoms with Gasteiger partial charge in [-0.3, -0.25) is 4.79 Å². The summed E-state index contributed by atoms with van der Waals surface area (Å²) in [6.45, 7) is 2.68. The number of hydrogen-bond acceptors (Lipinski definition) is 3. The molecular formula is C16H15BrN2OS. The van der Waals surface area contributed by atoms with Gasteiger partial charge in [-0.05, 0) is 52.7 Å². The number of rotatable bonds is 1. The lowest BCUT2D eigenvalue weighted by atomic mass is 10.1. The molecule has 0 atom stereocenters. The number of benzene rings is 2. The zero-order valence-corrected chi connectivity index (χ0v) is 14.0. The molecule has 2 aromatic rings. The molecule has 21 heavy (non-hydrogen) atoms. The van der Waals surface area contributed by atoms with Crippen molar-refractivity contribution in [1.82, 2.24) is 0 Å². The first-order chi connectivity index (χ1) is 10.1. The Labute approximate surface area is 136 Å². The fourth-order valence-corrected chi connectivity index (χ4v) is 3.81. The van der Waals surface area contributed by atoms with Gasteiger partial charge in [-0.2, -0.15) is 0 Å². The Bertz CT molecular complexity index is 717. The molecule has 1 heterocycles. The number of nitrogens with zero attached hydrogens (tertiary/aromatic N) is 1. The van der Waals surface area contributed by atoms with Crippen molar-refractivity contribution in [2.75, 3.05) is 22.9 Å². The zero-order chi connectivity index (χ0) is 15.0. The van der Waals surface area contributed by atoms with Crippen molar-refractivity contribution in [3.63, 3.8) is 0 Å². The second kappa shape index (κ2) is 5.73. The molecule has 108 valence electrons. The molecule has 0 spiro atoms. The average Bonchev–Trinajstić information content (AvgIpc) is 2.48. The van der Waals surface area contributed by atoms with Crippen molar-refractivity contribution in [2.45, 2.75) is 11.8 Å². The van der Waals surface area contributed by atoms with E-state index in [4.69, 9.17) is 5.73 Å². The van der Waals surface area contributed by atoms with Crippen molar-refractivity contribution >= 4 is 45.0 Å². The van der Waals surface area contributed by atoms with Gasteiger partial charge in [-0.15, -0.1) is 11.8 Å². The molecule has 0 saturated carbocycles. The minimum absolute atomic E-state index is 0.0118. The van der Waals surface area contributed by atoms with Crippen LogP contribution < -0.4 is 10.6 Å². The molecule has 0 aliphatic carbocycles. The molecule has 1 amide bonds. The van der Waals surface area contributed by atoms with E-state index in [1.807, 2.05) is 48.2 Å². The maximum atomic E-state index is 12.9. The molecule has 3 nitrogen and oxygen atoms in total. The van der Waals surface area contributed by atoms with E-state index in [0.29, 0.717) is 17.8 Å². The second-order valence-electron chi connectivity index (χ2n) is 4.97. The molecule has 0 bridgehead atoms. The number of aryl methyl sites for hydroxylation is 1. The zero-order valence-electron chi connectivity index (χ0n) is 11.6. The average molecular weight is 363 g/mol. The van der Waals surface area contributed by atoms with Gasteiger partial charge in [0.05, 0.1) is 11.3 Å². The van der Waals surface area contributed by atoms with Gasteiger partial charge >= 0.3 is 0 Å². The quantitative estimate of drug-likeness (QED) is 0.777. The molecule has 0 aromatic heterocycles. The lowest BCUT2D eigenvalue weighted by Gasteiger charge is -2.29. The number of amides is 1. The van der Waals surface area contributed by atoms with Crippen LogP contribution in [0.15, 0.2) is 45.8 Å². The van der Waals surface area contributed by atoms with E-state index in [1.54, 1.807) is 11.8 Å². The predicted octanol–water partition coefficient (Wildman–Crippen LogP) is 4.09. The fourth-order valence-electron chi connectivity index (χ4n) is 2.40. The highest BCUT2D eigenvalue weighted by Crippen LogP contribution is 2.37. The lowest BCUT2D eigenvalue weighted by Crippen LogP contribution is -2.35. The third kappa shape index (κ3) is 2.68. The maximum Gasteiger partial charge on any atom is 0.259 e. The summed E-state index contributed by atoms with van der Waals surface area (Å²) in [5, 5.41) is 0. The van der Waals surface area contributed by atoms with E-state index in [2.05, 4.69) is 15.9 Å². The Morgan fingerprint density at radius 3 is 2.95 bits per heavy atom. The standard InChI is InChI=1S/C16H15BrN2OS/c1-10-3-2-4-12(15(10)17)16(20)19-7-8-21-14-6-5-11(18)9-13(14)19/h2-6,9H,7-8,18H2,1H3. The highest BCUT2D eigenvalue weighted by molar-refractivity contribution is 9.10. The van der Waals surface area contributed by atoms with Crippen molar-refractivity contribution < 1.29 is 4.79 Å². The normalized spacial score (nSPS) is 13.9. The highest BCUT2D eigenvalue weighted by atomic mass is 79.9. The molecule has 1 aliphatic heterocycles. The van der Waals surface area contributed by atoms with Crippen LogP contribution in [0.4, 0.5) is 11.4 Å². The molecule has 5 heteroatoms. The van der Waals surface area contributed by atoms with Crippen LogP contribution in [-0.2, 0) is 0 Å². The number of hydrogen-bond donors (Lipinski definition) is 1. The number of carbonyl (C=O) groups excluding carboxylic acids is 1. The second-order valence-corrected chi connectivity index (χ2v) is 6.90. The van der Waals surface area contributed by atoms with Crippen LogP contribution >= 0.6 is 27.7 Å². The largest absolute Gasteiger partial charge is 0.399 e. The van der Waals surface area contributed by atoms with Crippen LogP contribution in [0.3, 0.4) is 0 Å². The van der Waals surface area contributed by atoms with Crippen LogP contribution in [0.5, 0.6) is 0 Å². The Kier molecular flexibility index (Phi) is 3.95. The van der Waals surface area contributed by atoms with Crippen molar-refractivity contribution in [2.24, 2.45) is 0 Å². The number of nitrogens with two attached hydrogens (primary N) is 1. The van der Waals surface area contributed by atoms with Gasteiger partial charge in [0.15, 0.2) is 0 Å². The Morgan fingerprint density at radius 1 is 1.33 bits per heavy atom. The van der Waals surface area contributed by atoms with Crippen molar-refractivity contribution in [1.29, 1.82) is 0 Å². The van der Waals surface area contributed by atoms with Gasteiger partial charge in [-0.25, -0.2) is 0 Å². The summed E-state index contributed by atoms with van der Waals surface area (Å²) in [6, 6.07) is 11.5. The van der Waals surface area contributed by atoms with E-state index in [0.717, 1.165) is 26.4 Å². The van der Waals surface area contributed by atoms with Crippen LogP contribution in [-0.4, -0.2) is 18.2 Å². The molecule has 2 aromatic carbocycles. The Hall–Kier alpha value is -1.46. The molecule has 3 rings (SSSR count). The van der Waals surface area contributed by atoms with Crippen LogP contribution in [0.25, 0.3) is 0 Å². The topological polar surface area (TPSA) is 46.3 Å². The van der Waals surface area contributed by atoms with Crippen molar-refractivity contribution in [3.05, 3.63) is 52.0 Å². The molecule has 0 fully saturated rings. The lowest BCUT2D eigenvalue weighted by molar-refractivity contribution is 0.0987. The first kappa shape index (κ1) is 14.5. The van der Waals surface area contributed by atoms with E-state index in [1.165, 1.54) is 0 Å². The number of carbonyl (C=O) groups is 1. The van der Waals surface area contributed by atoms with E-state index >= 15 is 0 Å². The van der Waals surface area contributed by atoms with E-state index in [9.17, 15) is 4.79 Å². The predicted molar refractivity (Wildman–Crippen MR) is 92.1 cm³/mol. The van der Waals surface area contributed by atoms with Crippen molar-refractivity contribution in [3.8, 4) is 0 Å². The number of nitrogen functional groups attached to an aromatic ring is 1. The first-order valence-electron chi connectivity index (χ1n) is 6.67. The summed E-state index contributed by atoms with van der Waals surface area (Å²) in [4.78, 5) is 15.8. The van der Waals surface area contributed by atoms with Crippen LogP contribution in [0.1, 0.15) is 15.9 Å². The number of halogens is 1. The molecule has 2 N–H and O–H groups in total.